The van der Waals surface area contributed by atoms with Gasteiger partial charge in [0.05, 0.1) is 41.5 Å². The number of carbonyl (C=O) groups excluding carboxylic acids is 6. The van der Waals surface area contributed by atoms with Crippen LogP contribution in [0, 0.1) is 39.2 Å². The van der Waals surface area contributed by atoms with Crippen LogP contribution in [0.15, 0.2) is 57.0 Å². The van der Waals surface area contributed by atoms with Gasteiger partial charge in [0.2, 0.25) is 0 Å². The summed E-state index contributed by atoms with van der Waals surface area (Å²) in [6.45, 7) is 7.14. The number of rotatable bonds is 13. The Morgan fingerprint density at radius 3 is 2.49 bits per heavy atom. The monoisotopic (exact) mass is 756 g/mol. The van der Waals surface area contributed by atoms with E-state index in [0.29, 0.717) is 12.8 Å². The number of Topliss-reactive ketones (excluding diaryl/α,β-unsaturated/α-hetero) is 2. The molecule has 6 rings (SSSR count). The summed E-state index contributed by atoms with van der Waals surface area (Å²) in [5.74, 6) is -6.43. The molecule has 0 N–H and O–H groups in total. The van der Waals surface area contributed by atoms with Crippen LogP contribution in [0.3, 0.4) is 0 Å². The minimum absolute atomic E-state index is 0.0766. The van der Waals surface area contributed by atoms with E-state index >= 15 is 0 Å². The fourth-order valence-corrected chi connectivity index (χ4v) is 10.1. The standard InChI is InChI=1S/C36H40N2O14S/c1-21-23-11-12-24-35(25(19-39)34(2,3)16-15-26(35)40)20-50-33(44)36(24,29(21)43)30(23)51-28(42)14-13-27(41)48-17-7-8-18-49-31-32(38(45)52-37-31)53(46,47)22-9-5-4-6-10-22/h4-6,9-10,19,23-25,30H,1,7-8,11-18,20H2,2-3H3/t23-,24?,25+,30+,35-,36-/m0/s1. The molecule has 1 aromatic carbocycles. The van der Waals surface area contributed by atoms with Crippen molar-refractivity contribution in [3.63, 3.8) is 0 Å². The molecule has 0 radical (unpaired) electrons. The van der Waals surface area contributed by atoms with Crippen LogP contribution in [-0.4, -0.2) is 75.3 Å². The lowest BCUT2D eigenvalue weighted by molar-refractivity contribution is -0.832. The smallest absolute Gasteiger partial charge is 0.414 e. The van der Waals surface area contributed by atoms with Gasteiger partial charge in [-0.3, -0.25) is 28.6 Å². The van der Waals surface area contributed by atoms with Gasteiger partial charge in [-0.2, -0.15) is 0 Å². The molecule has 3 saturated carbocycles. The molecular weight excluding hydrogens is 716 g/mol. The first-order valence-corrected chi connectivity index (χ1v) is 18.9. The third-order valence-corrected chi connectivity index (χ3v) is 13.1. The second kappa shape index (κ2) is 14.1. The summed E-state index contributed by atoms with van der Waals surface area (Å²) < 4.78 is 52.2. The van der Waals surface area contributed by atoms with Crippen LogP contribution in [-0.2, 0) is 52.8 Å². The molecule has 6 atom stereocenters. The van der Waals surface area contributed by atoms with Gasteiger partial charge in [-0.1, -0.05) is 38.6 Å². The lowest BCUT2D eigenvalue weighted by atomic mass is 9.44. The molecule has 2 bridgehead atoms. The summed E-state index contributed by atoms with van der Waals surface area (Å²) in [7, 11) is -4.28. The predicted molar refractivity (Wildman–Crippen MR) is 176 cm³/mol. The molecule has 17 heteroatoms. The summed E-state index contributed by atoms with van der Waals surface area (Å²) in [6.07, 6.45) is 0.267. The maximum absolute atomic E-state index is 14.0. The molecule has 1 unspecified atom stereocenters. The number of nitrogens with zero attached hydrogens (tertiary/aromatic N) is 2. The highest BCUT2D eigenvalue weighted by Crippen LogP contribution is 2.67. The molecule has 4 aliphatic rings. The molecule has 1 saturated heterocycles. The zero-order valence-electron chi connectivity index (χ0n) is 29.3. The third-order valence-electron chi connectivity index (χ3n) is 11.4. The number of cyclic esters (lactones) is 1. The van der Waals surface area contributed by atoms with Crippen LogP contribution in [0.4, 0.5) is 0 Å². The Balaban J connectivity index is 1.03. The van der Waals surface area contributed by atoms with E-state index in [0.717, 1.165) is 6.29 Å². The first kappa shape index (κ1) is 37.8. The van der Waals surface area contributed by atoms with Gasteiger partial charge < -0.3 is 28.9 Å². The zero-order chi connectivity index (χ0) is 38.3. The summed E-state index contributed by atoms with van der Waals surface area (Å²) in [4.78, 5) is 79.3. The van der Waals surface area contributed by atoms with Crippen molar-refractivity contribution in [1.82, 2.24) is 5.16 Å². The quantitative estimate of drug-likeness (QED) is 0.0544. The first-order valence-electron chi connectivity index (χ1n) is 17.4. The van der Waals surface area contributed by atoms with Crippen molar-refractivity contribution in [2.75, 3.05) is 19.8 Å². The Labute approximate surface area is 304 Å². The Morgan fingerprint density at radius 1 is 1.08 bits per heavy atom. The number of esters is 3. The number of carbonyl (C=O) groups is 6. The molecule has 1 aromatic heterocycles. The Bertz CT molecular complexity index is 1960. The van der Waals surface area contributed by atoms with Gasteiger partial charge in [0, 0.05) is 24.2 Å². The second-order valence-electron chi connectivity index (χ2n) is 14.6. The fraction of sp³-hybridized carbons (Fsp3) is 0.556. The van der Waals surface area contributed by atoms with Crippen molar-refractivity contribution in [1.29, 1.82) is 0 Å². The molecule has 284 valence electrons. The topological polar surface area (TPSA) is 226 Å². The van der Waals surface area contributed by atoms with Gasteiger partial charge in [0.1, 0.15) is 24.8 Å². The number of aromatic nitrogens is 2. The molecule has 53 heavy (non-hydrogen) atoms. The SMILES string of the molecule is C=C1C(=O)[C@@]23C(=O)OC[C@]4(C(=O)CCC(C)(C)[C@H]4C=O)C2CC[C@@H]1[C@H]3OC(=O)CCC(=O)OCCCCOc1no[n+]([O-])c1S(=O)(=O)c1ccccc1. The van der Waals surface area contributed by atoms with Crippen molar-refractivity contribution in [2.24, 2.45) is 34.0 Å². The highest BCUT2D eigenvalue weighted by Gasteiger charge is 2.78. The van der Waals surface area contributed by atoms with E-state index < -0.39 is 91.0 Å². The van der Waals surface area contributed by atoms with E-state index in [9.17, 15) is 42.4 Å². The van der Waals surface area contributed by atoms with Crippen molar-refractivity contribution in [3.8, 4) is 5.88 Å². The minimum Gasteiger partial charge on any atom is -0.466 e. The van der Waals surface area contributed by atoms with Crippen LogP contribution < -0.4 is 9.64 Å². The molecular formula is C36H40N2O14S. The molecule has 1 aliphatic heterocycles. The number of hydrogen-bond donors (Lipinski definition) is 0. The Morgan fingerprint density at radius 2 is 1.77 bits per heavy atom. The maximum atomic E-state index is 14.0. The van der Waals surface area contributed by atoms with E-state index in [4.69, 9.17) is 18.9 Å². The van der Waals surface area contributed by atoms with Crippen molar-refractivity contribution in [3.05, 3.63) is 47.7 Å². The van der Waals surface area contributed by atoms with E-state index in [1.54, 1.807) is 6.07 Å². The molecule has 0 amide bonds. The van der Waals surface area contributed by atoms with Crippen molar-refractivity contribution >= 4 is 45.6 Å². The zero-order valence-corrected chi connectivity index (χ0v) is 30.1. The molecule has 3 aliphatic carbocycles. The Kier molecular flexibility index (Phi) is 10.1. The number of ketones is 2. The minimum atomic E-state index is -4.28. The largest absolute Gasteiger partial charge is 0.466 e. The van der Waals surface area contributed by atoms with Crippen molar-refractivity contribution in [2.45, 2.75) is 81.2 Å². The maximum Gasteiger partial charge on any atom is 0.414 e. The van der Waals surface area contributed by atoms with Crippen LogP contribution >= 0.6 is 0 Å². The van der Waals surface area contributed by atoms with Gasteiger partial charge in [0.15, 0.2) is 11.2 Å². The van der Waals surface area contributed by atoms with Crippen LogP contribution in [0.1, 0.15) is 65.2 Å². The third kappa shape index (κ3) is 6.11. The summed E-state index contributed by atoms with van der Waals surface area (Å²) in [5.41, 5.74) is -4.02. The van der Waals surface area contributed by atoms with Crippen LogP contribution in [0.25, 0.3) is 0 Å². The van der Waals surface area contributed by atoms with Gasteiger partial charge in [-0.15, -0.1) is 0 Å². The van der Waals surface area contributed by atoms with Crippen molar-refractivity contribution < 1.29 is 65.7 Å². The summed E-state index contributed by atoms with van der Waals surface area (Å²) >= 11 is 0. The van der Waals surface area contributed by atoms with Gasteiger partial charge >= 0.3 is 28.8 Å². The van der Waals surface area contributed by atoms with E-state index in [2.05, 4.69) is 16.4 Å². The van der Waals surface area contributed by atoms with Crippen LogP contribution in [0.5, 0.6) is 5.88 Å². The number of sulfone groups is 1. The Hall–Kier alpha value is -4.93. The lowest BCUT2D eigenvalue weighted by Crippen LogP contribution is -2.70. The number of ether oxygens (including phenoxy) is 4. The number of fused-ring (bicyclic) bond motifs is 2. The fourth-order valence-electron chi connectivity index (χ4n) is 8.77. The van der Waals surface area contributed by atoms with Gasteiger partial charge in [-0.25, -0.2) is 8.42 Å². The molecule has 2 aromatic rings. The highest BCUT2D eigenvalue weighted by molar-refractivity contribution is 7.91. The normalized spacial score (nSPS) is 28.9. The highest BCUT2D eigenvalue weighted by atomic mass is 32.2. The van der Waals surface area contributed by atoms with Gasteiger partial charge in [0.25, 0.3) is 9.84 Å². The number of unbranched alkanes of at least 4 members (excludes halogenated alkanes) is 1. The van der Waals surface area contributed by atoms with E-state index in [1.807, 2.05) is 13.8 Å². The average molecular weight is 757 g/mol. The summed E-state index contributed by atoms with van der Waals surface area (Å²) in [6, 6.07) is 7.21. The average Bonchev–Trinajstić information content (AvgIpc) is 3.56. The predicted octanol–water partition coefficient (Wildman–Crippen LogP) is 2.43. The number of benzene rings is 1. The first-order chi connectivity index (χ1) is 25.1. The van der Waals surface area contributed by atoms with Gasteiger partial charge in [-0.05, 0) is 60.1 Å². The van der Waals surface area contributed by atoms with E-state index in [1.165, 1.54) is 24.3 Å². The molecule has 16 nitrogen and oxygen atoms in total. The number of hydrogen-bond acceptors (Lipinski definition) is 15. The van der Waals surface area contributed by atoms with E-state index in [-0.39, 0.29) is 73.1 Å². The second-order valence-corrected chi connectivity index (χ2v) is 16.5. The van der Waals surface area contributed by atoms with Crippen LogP contribution in [0.2, 0.25) is 0 Å². The lowest BCUT2D eigenvalue weighted by Gasteiger charge is -2.59. The number of aldehydes is 1. The summed E-state index contributed by atoms with van der Waals surface area (Å²) in [5, 5.41) is 14.6. The molecule has 4 fully saturated rings. The molecule has 2 spiro atoms. The molecule has 2 heterocycles.